The van der Waals surface area contributed by atoms with E-state index in [0.717, 1.165) is 18.7 Å². The van der Waals surface area contributed by atoms with Crippen LogP contribution >= 0.6 is 0 Å². The first-order chi connectivity index (χ1) is 5.54. The van der Waals surface area contributed by atoms with E-state index in [9.17, 15) is 0 Å². The van der Waals surface area contributed by atoms with Gasteiger partial charge in [-0.1, -0.05) is 18.5 Å². The van der Waals surface area contributed by atoms with E-state index in [2.05, 4.69) is 17.4 Å². The molecule has 0 rings (SSSR count). The van der Waals surface area contributed by atoms with Crippen LogP contribution in [-0.4, -0.2) is 23.0 Å². The molecule has 2 N–H and O–H groups in total. The van der Waals surface area contributed by atoms with Crippen molar-refractivity contribution in [1.82, 2.24) is 5.32 Å². The van der Waals surface area contributed by atoms with Gasteiger partial charge in [0.05, 0.1) is 11.3 Å². The molecular formula is C9H20N2O. The zero-order valence-corrected chi connectivity index (χ0v) is 8.52. The summed E-state index contributed by atoms with van der Waals surface area (Å²) in [5.41, 5.74) is 0.530. The van der Waals surface area contributed by atoms with Crippen molar-refractivity contribution in [3.63, 3.8) is 0 Å². The Kier molecular flexibility index (Phi) is 4.90. The molecule has 0 unspecified atom stereocenters. The fourth-order valence-electron chi connectivity index (χ4n) is 0.831. The maximum Gasteiger partial charge on any atom is 0.0734 e. The number of hydrogen-bond acceptors (Lipinski definition) is 3. The molecule has 0 saturated carbocycles. The van der Waals surface area contributed by atoms with Crippen LogP contribution in [0.2, 0.25) is 0 Å². The molecule has 0 radical (unpaired) electrons. The molecule has 0 heterocycles. The van der Waals surface area contributed by atoms with Crippen LogP contribution in [0.1, 0.15) is 40.5 Å². The standard InChI is InChI=1S/C9H20N2O/c1-5-6-7-10-9(3,4)8(2)11-12/h10,12H,5-7H2,1-4H3/b11-8+. The second-order valence-electron chi connectivity index (χ2n) is 3.59. The Hall–Kier alpha value is -0.570. The average molecular weight is 172 g/mol. The van der Waals surface area contributed by atoms with Gasteiger partial charge in [0.15, 0.2) is 0 Å². The third-order valence-electron chi connectivity index (χ3n) is 2.15. The van der Waals surface area contributed by atoms with Crippen LogP contribution in [0.15, 0.2) is 5.16 Å². The van der Waals surface area contributed by atoms with Gasteiger partial charge in [0, 0.05) is 0 Å². The Labute approximate surface area is 74.9 Å². The molecule has 0 aliphatic heterocycles. The summed E-state index contributed by atoms with van der Waals surface area (Å²) < 4.78 is 0. The Morgan fingerprint density at radius 3 is 2.50 bits per heavy atom. The van der Waals surface area contributed by atoms with E-state index in [1.165, 1.54) is 6.42 Å². The molecule has 0 bridgehead atoms. The van der Waals surface area contributed by atoms with Gasteiger partial charge in [-0.05, 0) is 33.7 Å². The monoisotopic (exact) mass is 172 g/mol. The van der Waals surface area contributed by atoms with Crippen LogP contribution in [-0.2, 0) is 0 Å². The molecule has 0 aromatic heterocycles. The van der Waals surface area contributed by atoms with Crippen LogP contribution in [0, 0.1) is 0 Å². The largest absolute Gasteiger partial charge is 0.411 e. The van der Waals surface area contributed by atoms with E-state index in [0.29, 0.717) is 0 Å². The molecule has 0 amide bonds. The lowest BCUT2D eigenvalue weighted by molar-refractivity contribution is 0.310. The summed E-state index contributed by atoms with van der Waals surface area (Å²) in [5, 5.41) is 15.1. The first-order valence-corrected chi connectivity index (χ1v) is 4.48. The van der Waals surface area contributed by atoms with Gasteiger partial charge in [0.25, 0.3) is 0 Å². The summed E-state index contributed by atoms with van der Waals surface area (Å²) in [6.07, 6.45) is 2.33. The fourth-order valence-corrected chi connectivity index (χ4v) is 0.831. The van der Waals surface area contributed by atoms with Crippen molar-refractivity contribution in [1.29, 1.82) is 0 Å². The molecule has 72 valence electrons. The van der Waals surface area contributed by atoms with E-state index in [1.54, 1.807) is 0 Å². The molecule has 0 aromatic rings. The fraction of sp³-hybridized carbons (Fsp3) is 0.889. The van der Waals surface area contributed by atoms with Gasteiger partial charge < -0.3 is 10.5 Å². The summed E-state index contributed by atoms with van der Waals surface area (Å²) in [4.78, 5) is 0. The van der Waals surface area contributed by atoms with E-state index >= 15 is 0 Å². The zero-order valence-electron chi connectivity index (χ0n) is 8.52. The van der Waals surface area contributed by atoms with Crippen LogP contribution in [0.5, 0.6) is 0 Å². The molecule has 3 heteroatoms. The quantitative estimate of drug-likeness (QED) is 0.288. The molecule has 3 nitrogen and oxygen atoms in total. The lowest BCUT2D eigenvalue weighted by Gasteiger charge is -2.25. The van der Waals surface area contributed by atoms with Crippen molar-refractivity contribution in [2.24, 2.45) is 5.16 Å². The third-order valence-corrected chi connectivity index (χ3v) is 2.15. The van der Waals surface area contributed by atoms with Crippen molar-refractivity contribution < 1.29 is 5.21 Å². The first kappa shape index (κ1) is 11.4. The maximum absolute atomic E-state index is 8.57. The molecule has 0 atom stereocenters. The van der Waals surface area contributed by atoms with Crippen LogP contribution in [0.25, 0.3) is 0 Å². The third kappa shape index (κ3) is 3.72. The van der Waals surface area contributed by atoms with Crippen molar-refractivity contribution in [3.05, 3.63) is 0 Å². The van der Waals surface area contributed by atoms with Gasteiger partial charge in [0.1, 0.15) is 0 Å². The topological polar surface area (TPSA) is 44.6 Å². The van der Waals surface area contributed by atoms with Gasteiger partial charge in [-0.25, -0.2) is 0 Å². The molecular weight excluding hydrogens is 152 g/mol. The molecule has 0 spiro atoms. The SMILES string of the molecule is CCCCNC(C)(C)/C(C)=N/O. The minimum Gasteiger partial charge on any atom is -0.411 e. The molecule has 0 saturated heterocycles. The van der Waals surface area contributed by atoms with Gasteiger partial charge in [0.2, 0.25) is 0 Å². The number of unbranched alkanes of at least 4 members (excludes halogenated alkanes) is 1. The molecule has 0 fully saturated rings. The van der Waals surface area contributed by atoms with Crippen molar-refractivity contribution in [2.45, 2.75) is 46.1 Å². The molecule has 0 aliphatic rings. The highest BCUT2D eigenvalue weighted by atomic mass is 16.4. The Bertz CT molecular complexity index is 153. The van der Waals surface area contributed by atoms with Gasteiger partial charge in [-0.3, -0.25) is 0 Å². The van der Waals surface area contributed by atoms with E-state index in [-0.39, 0.29) is 5.54 Å². The normalized spacial score (nSPS) is 13.5. The van der Waals surface area contributed by atoms with E-state index in [4.69, 9.17) is 5.21 Å². The lowest BCUT2D eigenvalue weighted by Crippen LogP contribution is -2.45. The average Bonchev–Trinajstić information content (AvgIpc) is 2.03. The van der Waals surface area contributed by atoms with E-state index in [1.807, 2.05) is 20.8 Å². The van der Waals surface area contributed by atoms with E-state index < -0.39 is 0 Å². The summed E-state index contributed by atoms with van der Waals surface area (Å²) >= 11 is 0. The number of hydrogen-bond donors (Lipinski definition) is 2. The minimum atomic E-state index is -0.191. The first-order valence-electron chi connectivity index (χ1n) is 4.48. The summed E-state index contributed by atoms with van der Waals surface area (Å²) in [6, 6.07) is 0. The predicted octanol–water partition coefficient (Wildman–Crippen LogP) is 2.00. The second-order valence-corrected chi connectivity index (χ2v) is 3.59. The van der Waals surface area contributed by atoms with Crippen molar-refractivity contribution in [3.8, 4) is 0 Å². The Morgan fingerprint density at radius 2 is 2.08 bits per heavy atom. The van der Waals surface area contributed by atoms with Gasteiger partial charge in [-0.15, -0.1) is 0 Å². The van der Waals surface area contributed by atoms with Crippen LogP contribution in [0.3, 0.4) is 0 Å². The van der Waals surface area contributed by atoms with Gasteiger partial charge in [-0.2, -0.15) is 0 Å². The molecule has 0 aromatic carbocycles. The zero-order chi connectivity index (χ0) is 9.61. The van der Waals surface area contributed by atoms with Gasteiger partial charge >= 0.3 is 0 Å². The molecule has 12 heavy (non-hydrogen) atoms. The Balaban J connectivity index is 3.87. The second kappa shape index (κ2) is 5.14. The number of rotatable bonds is 5. The van der Waals surface area contributed by atoms with Crippen molar-refractivity contribution >= 4 is 5.71 Å². The van der Waals surface area contributed by atoms with Crippen molar-refractivity contribution in [2.75, 3.05) is 6.54 Å². The highest BCUT2D eigenvalue weighted by molar-refractivity contribution is 5.90. The number of oxime groups is 1. The highest BCUT2D eigenvalue weighted by Crippen LogP contribution is 2.05. The number of nitrogens with one attached hydrogen (secondary N) is 1. The predicted molar refractivity (Wildman–Crippen MR) is 51.9 cm³/mol. The Morgan fingerprint density at radius 1 is 1.50 bits per heavy atom. The lowest BCUT2D eigenvalue weighted by atomic mass is 9.99. The smallest absolute Gasteiger partial charge is 0.0734 e. The highest BCUT2D eigenvalue weighted by Gasteiger charge is 2.20. The minimum absolute atomic E-state index is 0.191. The van der Waals surface area contributed by atoms with Crippen LogP contribution < -0.4 is 5.32 Å². The summed E-state index contributed by atoms with van der Waals surface area (Å²) in [5.74, 6) is 0. The molecule has 0 aliphatic carbocycles. The number of nitrogens with zero attached hydrogens (tertiary/aromatic N) is 1. The van der Waals surface area contributed by atoms with Crippen LogP contribution in [0.4, 0.5) is 0 Å². The summed E-state index contributed by atoms with van der Waals surface area (Å²) in [7, 11) is 0. The maximum atomic E-state index is 8.57. The summed E-state index contributed by atoms with van der Waals surface area (Å²) in [6.45, 7) is 8.96.